The Morgan fingerprint density at radius 3 is 2.31 bits per heavy atom. The summed E-state index contributed by atoms with van der Waals surface area (Å²) in [5, 5.41) is 2.87. The average molecular weight is 375 g/mol. The number of carbonyl (C=O) groups is 1. The third-order valence-corrected chi connectivity index (χ3v) is 5.65. The molecule has 1 amide bonds. The number of nitrogens with one attached hydrogen (secondary N) is 1. The Morgan fingerprint density at radius 2 is 1.73 bits per heavy atom. The summed E-state index contributed by atoms with van der Waals surface area (Å²) >= 11 is 0. The van der Waals surface area contributed by atoms with Crippen LogP contribution >= 0.6 is 0 Å². The van der Waals surface area contributed by atoms with Gasteiger partial charge >= 0.3 is 0 Å². The fourth-order valence-corrected chi connectivity index (χ4v) is 3.61. The molecular formula is C20H26N2O3S. The summed E-state index contributed by atoms with van der Waals surface area (Å²) < 4.78 is 25.6. The molecule has 0 saturated carbocycles. The van der Waals surface area contributed by atoms with Crippen LogP contribution in [0.2, 0.25) is 0 Å². The van der Waals surface area contributed by atoms with Gasteiger partial charge in [0.15, 0.2) is 0 Å². The van der Waals surface area contributed by atoms with Crippen molar-refractivity contribution in [2.45, 2.75) is 33.6 Å². The van der Waals surface area contributed by atoms with Gasteiger partial charge in [-0.3, -0.25) is 9.10 Å². The Balaban J connectivity index is 2.09. The lowest BCUT2D eigenvalue weighted by molar-refractivity contribution is -0.116. The normalized spacial score (nSPS) is 11.2. The number of sulfonamides is 1. The summed E-state index contributed by atoms with van der Waals surface area (Å²) in [7, 11) is -3.47. The van der Waals surface area contributed by atoms with E-state index in [1.165, 1.54) is 4.31 Å². The van der Waals surface area contributed by atoms with Crippen LogP contribution in [0.5, 0.6) is 0 Å². The van der Waals surface area contributed by atoms with E-state index in [4.69, 9.17) is 0 Å². The molecule has 2 aromatic carbocycles. The lowest BCUT2D eigenvalue weighted by atomic mass is 10.1. The molecule has 26 heavy (non-hydrogen) atoms. The first-order valence-electron chi connectivity index (χ1n) is 8.65. The van der Waals surface area contributed by atoms with Gasteiger partial charge in [0.05, 0.1) is 11.9 Å². The standard InChI is InChI=1S/C20H26N2O3S/c1-5-17-9-11-18(12-10-17)22(26(4,24)25)14-13-20(23)21-19-8-6-7-15(2)16(19)3/h6-12H,5,13-14H2,1-4H3,(H,21,23). The summed E-state index contributed by atoms with van der Waals surface area (Å²) in [4.78, 5) is 12.3. The summed E-state index contributed by atoms with van der Waals surface area (Å²) in [6, 6.07) is 13.1. The van der Waals surface area contributed by atoms with Crippen LogP contribution in [0.15, 0.2) is 42.5 Å². The quantitative estimate of drug-likeness (QED) is 0.804. The van der Waals surface area contributed by atoms with Gasteiger partial charge in [0.1, 0.15) is 0 Å². The van der Waals surface area contributed by atoms with Crippen molar-refractivity contribution in [3.8, 4) is 0 Å². The third-order valence-electron chi connectivity index (χ3n) is 4.45. The number of carbonyl (C=O) groups excluding carboxylic acids is 1. The van der Waals surface area contributed by atoms with Crippen molar-refractivity contribution in [2.24, 2.45) is 0 Å². The highest BCUT2D eigenvalue weighted by Gasteiger charge is 2.19. The van der Waals surface area contributed by atoms with Gasteiger partial charge in [0.25, 0.3) is 0 Å². The second-order valence-corrected chi connectivity index (χ2v) is 8.31. The Morgan fingerprint density at radius 1 is 1.08 bits per heavy atom. The zero-order chi connectivity index (χ0) is 19.3. The van der Waals surface area contributed by atoms with Crippen LogP contribution in [0.3, 0.4) is 0 Å². The number of hydrogen-bond donors (Lipinski definition) is 1. The molecule has 0 bridgehead atoms. The Kier molecular flexibility index (Phi) is 6.42. The van der Waals surface area contributed by atoms with E-state index in [-0.39, 0.29) is 18.9 Å². The monoisotopic (exact) mass is 374 g/mol. The summed E-state index contributed by atoms with van der Waals surface area (Å²) in [6.07, 6.45) is 2.12. The van der Waals surface area contributed by atoms with Crippen LogP contribution in [0.1, 0.15) is 30.0 Å². The van der Waals surface area contributed by atoms with E-state index in [0.717, 1.165) is 35.1 Å². The van der Waals surface area contributed by atoms with E-state index in [9.17, 15) is 13.2 Å². The van der Waals surface area contributed by atoms with Crippen LogP contribution < -0.4 is 9.62 Å². The number of aryl methyl sites for hydroxylation is 2. The number of hydrogen-bond acceptors (Lipinski definition) is 3. The molecule has 0 radical (unpaired) electrons. The maximum atomic E-state index is 12.3. The Bertz CT molecular complexity index is 874. The first-order valence-corrected chi connectivity index (χ1v) is 10.5. The lowest BCUT2D eigenvalue weighted by Crippen LogP contribution is -2.33. The maximum Gasteiger partial charge on any atom is 0.232 e. The molecule has 0 fully saturated rings. The van der Waals surface area contributed by atoms with Gasteiger partial charge in [0.2, 0.25) is 15.9 Å². The number of benzene rings is 2. The maximum absolute atomic E-state index is 12.3. The van der Waals surface area contributed by atoms with E-state index in [1.54, 1.807) is 12.1 Å². The van der Waals surface area contributed by atoms with Gasteiger partial charge in [-0.15, -0.1) is 0 Å². The van der Waals surface area contributed by atoms with Crippen molar-refractivity contribution >= 4 is 27.3 Å². The minimum absolute atomic E-state index is 0.0793. The van der Waals surface area contributed by atoms with Crippen LogP contribution in [0, 0.1) is 13.8 Å². The molecule has 1 N–H and O–H groups in total. The van der Waals surface area contributed by atoms with Crippen LogP contribution in [-0.4, -0.2) is 27.1 Å². The molecule has 5 nitrogen and oxygen atoms in total. The molecule has 0 aliphatic heterocycles. The molecule has 2 rings (SSSR count). The predicted molar refractivity (Wildman–Crippen MR) is 107 cm³/mol. The summed E-state index contributed by atoms with van der Waals surface area (Å²) in [5.41, 5.74) is 4.57. The lowest BCUT2D eigenvalue weighted by Gasteiger charge is -2.22. The topological polar surface area (TPSA) is 66.5 Å². The van der Waals surface area contributed by atoms with Crippen molar-refractivity contribution < 1.29 is 13.2 Å². The van der Waals surface area contributed by atoms with Crippen LogP contribution in [0.25, 0.3) is 0 Å². The molecule has 0 spiro atoms. The van der Waals surface area contributed by atoms with Crippen LogP contribution in [0.4, 0.5) is 11.4 Å². The SMILES string of the molecule is CCc1ccc(N(CCC(=O)Nc2cccc(C)c2C)S(C)(=O)=O)cc1. The van der Waals surface area contributed by atoms with Crippen LogP contribution in [-0.2, 0) is 21.2 Å². The smallest absolute Gasteiger partial charge is 0.232 e. The van der Waals surface area contributed by atoms with Gasteiger partial charge in [-0.2, -0.15) is 0 Å². The molecule has 0 aliphatic rings. The Hall–Kier alpha value is -2.34. The zero-order valence-electron chi connectivity index (χ0n) is 15.7. The Labute approximate surface area is 156 Å². The van der Waals surface area contributed by atoms with E-state index < -0.39 is 10.0 Å². The third kappa shape index (κ3) is 5.08. The van der Waals surface area contributed by atoms with E-state index in [2.05, 4.69) is 5.32 Å². The number of rotatable bonds is 7. The minimum atomic E-state index is -3.47. The minimum Gasteiger partial charge on any atom is -0.326 e. The first-order chi connectivity index (χ1) is 12.2. The van der Waals surface area contributed by atoms with Gasteiger partial charge in [0, 0.05) is 18.7 Å². The second-order valence-electron chi connectivity index (χ2n) is 6.40. The van der Waals surface area contributed by atoms with Crippen molar-refractivity contribution in [1.82, 2.24) is 0 Å². The summed E-state index contributed by atoms with van der Waals surface area (Å²) in [6.45, 7) is 6.07. The fourth-order valence-electron chi connectivity index (χ4n) is 2.69. The molecule has 140 valence electrons. The zero-order valence-corrected chi connectivity index (χ0v) is 16.6. The van der Waals surface area contributed by atoms with E-state index in [0.29, 0.717) is 5.69 Å². The predicted octanol–water partition coefficient (Wildman–Crippen LogP) is 3.66. The highest BCUT2D eigenvalue weighted by atomic mass is 32.2. The first kappa shape index (κ1) is 20.0. The van der Waals surface area contributed by atoms with Gasteiger partial charge in [-0.25, -0.2) is 8.42 Å². The van der Waals surface area contributed by atoms with Crippen molar-refractivity contribution in [3.05, 3.63) is 59.2 Å². The number of anilines is 2. The molecule has 2 aromatic rings. The molecule has 0 heterocycles. The van der Waals surface area contributed by atoms with E-state index in [1.807, 2.05) is 51.1 Å². The fraction of sp³-hybridized carbons (Fsp3) is 0.350. The van der Waals surface area contributed by atoms with E-state index >= 15 is 0 Å². The highest BCUT2D eigenvalue weighted by Crippen LogP contribution is 2.20. The highest BCUT2D eigenvalue weighted by molar-refractivity contribution is 7.92. The molecule has 0 unspecified atom stereocenters. The number of nitrogens with zero attached hydrogens (tertiary/aromatic N) is 1. The largest absolute Gasteiger partial charge is 0.326 e. The molecule has 0 saturated heterocycles. The number of amides is 1. The van der Waals surface area contributed by atoms with Crippen molar-refractivity contribution in [3.63, 3.8) is 0 Å². The molecular weight excluding hydrogens is 348 g/mol. The van der Waals surface area contributed by atoms with Gasteiger partial charge < -0.3 is 5.32 Å². The second kappa shape index (κ2) is 8.36. The molecule has 0 aromatic heterocycles. The van der Waals surface area contributed by atoms with Crippen molar-refractivity contribution in [1.29, 1.82) is 0 Å². The molecule has 6 heteroatoms. The van der Waals surface area contributed by atoms with Crippen molar-refractivity contribution in [2.75, 3.05) is 22.4 Å². The molecule has 0 atom stereocenters. The molecule has 0 aliphatic carbocycles. The van der Waals surface area contributed by atoms with Gasteiger partial charge in [-0.1, -0.05) is 31.2 Å². The summed E-state index contributed by atoms with van der Waals surface area (Å²) in [5.74, 6) is -0.211. The van der Waals surface area contributed by atoms with Gasteiger partial charge in [-0.05, 0) is 55.2 Å². The average Bonchev–Trinajstić information content (AvgIpc) is 2.58.